The maximum absolute atomic E-state index is 12.3. The average Bonchev–Trinajstić information content (AvgIpc) is 3.10. The quantitative estimate of drug-likeness (QED) is 0.637. The van der Waals surface area contributed by atoms with E-state index in [9.17, 15) is 13.2 Å². The van der Waals surface area contributed by atoms with Crippen molar-refractivity contribution >= 4 is 34.1 Å². The van der Waals surface area contributed by atoms with E-state index in [1.165, 1.54) is 7.11 Å². The zero-order valence-electron chi connectivity index (χ0n) is 16.6. The number of hydrogen-bond acceptors (Lipinski definition) is 5. The molecule has 0 atom stereocenters. The molecular formula is C20H25N3O5S. The lowest BCUT2D eigenvalue weighted by molar-refractivity contribution is 0.139. The molecule has 156 valence electrons. The Labute approximate surface area is 169 Å². The van der Waals surface area contributed by atoms with Crippen LogP contribution >= 0.6 is 0 Å². The summed E-state index contributed by atoms with van der Waals surface area (Å²) < 4.78 is 39.0. The third-order valence-corrected chi connectivity index (χ3v) is 5.20. The number of fused-ring (bicyclic) bond motifs is 1. The van der Waals surface area contributed by atoms with E-state index in [-0.39, 0.29) is 18.2 Å². The van der Waals surface area contributed by atoms with Crippen molar-refractivity contribution in [3.8, 4) is 17.0 Å². The number of aromatic nitrogens is 1. The molecule has 1 heterocycles. The van der Waals surface area contributed by atoms with Crippen molar-refractivity contribution < 1.29 is 22.7 Å². The maximum atomic E-state index is 12.3. The van der Waals surface area contributed by atoms with Gasteiger partial charge in [0.2, 0.25) is 0 Å². The van der Waals surface area contributed by atoms with Crippen LogP contribution in [-0.4, -0.2) is 33.2 Å². The van der Waals surface area contributed by atoms with Crippen LogP contribution in [0.25, 0.3) is 23.4 Å². The molecule has 0 bridgehead atoms. The van der Waals surface area contributed by atoms with Crippen molar-refractivity contribution in [2.45, 2.75) is 26.7 Å². The first-order valence-corrected chi connectivity index (χ1v) is 10.8. The van der Waals surface area contributed by atoms with Gasteiger partial charge in [-0.15, -0.1) is 0 Å². The molecule has 0 aliphatic heterocycles. The first-order valence-electron chi connectivity index (χ1n) is 9.32. The zero-order chi connectivity index (χ0) is 21.0. The van der Waals surface area contributed by atoms with Crippen LogP contribution in [-0.2, 0) is 14.9 Å². The highest BCUT2D eigenvalue weighted by Gasteiger charge is 2.18. The van der Waals surface area contributed by atoms with E-state index in [2.05, 4.69) is 21.9 Å². The fraction of sp³-hybridized carbons (Fsp3) is 0.350. The molecule has 8 nitrogen and oxygen atoms in total. The van der Waals surface area contributed by atoms with Crippen LogP contribution in [0.1, 0.15) is 26.7 Å². The van der Waals surface area contributed by atoms with Crippen LogP contribution in [0, 0.1) is 5.92 Å². The SMILES string of the molecule is COc1ccc(-c2cc3c([nH]2)=CCCC=3)cc1NS(=O)(=O)NC(=O)OCC(C)C. The third-order valence-electron chi connectivity index (χ3n) is 4.28. The number of carbonyl (C=O) groups excluding carboxylic acids is 1. The molecule has 0 saturated carbocycles. The van der Waals surface area contributed by atoms with Crippen molar-refractivity contribution in [1.29, 1.82) is 0 Å². The summed E-state index contributed by atoms with van der Waals surface area (Å²) in [5.41, 5.74) is 1.84. The monoisotopic (exact) mass is 419 g/mol. The highest BCUT2D eigenvalue weighted by molar-refractivity contribution is 7.91. The summed E-state index contributed by atoms with van der Waals surface area (Å²) in [7, 11) is -2.75. The molecule has 1 aromatic heterocycles. The molecule has 0 spiro atoms. The summed E-state index contributed by atoms with van der Waals surface area (Å²) in [6.45, 7) is 3.82. The maximum Gasteiger partial charge on any atom is 0.422 e. The number of ether oxygens (including phenoxy) is 2. The minimum absolute atomic E-state index is 0.0919. The minimum atomic E-state index is -4.19. The Morgan fingerprint density at radius 1 is 1.21 bits per heavy atom. The van der Waals surface area contributed by atoms with Gasteiger partial charge in [0.05, 0.1) is 19.4 Å². The van der Waals surface area contributed by atoms with Gasteiger partial charge < -0.3 is 14.5 Å². The minimum Gasteiger partial charge on any atom is -0.495 e. The molecule has 0 saturated heterocycles. The van der Waals surface area contributed by atoms with Crippen molar-refractivity contribution in [2.75, 3.05) is 18.4 Å². The second-order valence-corrected chi connectivity index (χ2v) is 8.57. The molecule has 2 aromatic rings. The normalized spacial score (nSPS) is 13.1. The number of H-pyrrole nitrogens is 1. The molecular weight excluding hydrogens is 394 g/mol. The van der Waals surface area contributed by atoms with Gasteiger partial charge in [-0.3, -0.25) is 4.72 Å². The summed E-state index contributed by atoms with van der Waals surface area (Å²) >= 11 is 0. The summed E-state index contributed by atoms with van der Waals surface area (Å²) in [6.07, 6.45) is 5.24. The first-order chi connectivity index (χ1) is 13.8. The van der Waals surface area contributed by atoms with Gasteiger partial charge in [0.1, 0.15) is 5.75 Å². The standard InChI is InChI=1S/C20H25N3O5S/c1-13(2)12-28-20(24)23-29(25,26)22-18-11-15(8-9-19(18)27-3)17-10-14-6-4-5-7-16(14)21-17/h6-11,13,21-22H,4-5,12H2,1-3H3,(H,23,24). The number of anilines is 1. The van der Waals surface area contributed by atoms with Gasteiger partial charge in [-0.1, -0.05) is 26.0 Å². The highest BCUT2D eigenvalue weighted by atomic mass is 32.2. The van der Waals surface area contributed by atoms with E-state index >= 15 is 0 Å². The second-order valence-electron chi connectivity index (χ2n) is 7.15. The Kier molecular flexibility index (Phi) is 6.17. The number of aromatic amines is 1. The second kappa shape index (κ2) is 8.60. The molecule has 0 radical (unpaired) electrons. The van der Waals surface area contributed by atoms with Crippen LogP contribution in [0.3, 0.4) is 0 Å². The molecule has 1 aliphatic carbocycles. The average molecular weight is 420 g/mol. The van der Waals surface area contributed by atoms with Crippen LogP contribution in [0.15, 0.2) is 24.3 Å². The summed E-state index contributed by atoms with van der Waals surface area (Å²) in [6, 6.07) is 7.16. The summed E-state index contributed by atoms with van der Waals surface area (Å²) in [4.78, 5) is 15.1. The smallest absolute Gasteiger partial charge is 0.422 e. The van der Waals surface area contributed by atoms with Gasteiger partial charge in [-0.05, 0) is 48.2 Å². The Morgan fingerprint density at radius 3 is 2.66 bits per heavy atom. The molecule has 3 rings (SSSR count). The van der Waals surface area contributed by atoms with Gasteiger partial charge in [-0.25, -0.2) is 9.52 Å². The number of amides is 1. The first kappa shape index (κ1) is 20.8. The summed E-state index contributed by atoms with van der Waals surface area (Å²) in [5, 5.41) is 2.18. The number of rotatable bonds is 7. The van der Waals surface area contributed by atoms with Gasteiger partial charge in [0.25, 0.3) is 0 Å². The summed E-state index contributed by atoms with van der Waals surface area (Å²) in [5.74, 6) is 0.415. The van der Waals surface area contributed by atoms with E-state index in [4.69, 9.17) is 9.47 Å². The Bertz CT molecular complexity index is 1090. The lowest BCUT2D eigenvalue weighted by Gasteiger charge is -2.14. The predicted molar refractivity (Wildman–Crippen MR) is 112 cm³/mol. The molecule has 1 aromatic carbocycles. The number of hydrogen-bond donors (Lipinski definition) is 3. The van der Waals surface area contributed by atoms with Crippen molar-refractivity contribution in [3.05, 3.63) is 34.8 Å². The molecule has 29 heavy (non-hydrogen) atoms. The van der Waals surface area contributed by atoms with Crippen LogP contribution in [0.5, 0.6) is 5.75 Å². The number of methoxy groups -OCH3 is 1. The molecule has 1 amide bonds. The number of benzene rings is 1. The van der Waals surface area contributed by atoms with Crippen molar-refractivity contribution in [3.63, 3.8) is 0 Å². The lowest BCUT2D eigenvalue weighted by Crippen LogP contribution is -2.36. The molecule has 1 aliphatic rings. The molecule has 9 heteroatoms. The Balaban J connectivity index is 1.84. The lowest BCUT2D eigenvalue weighted by atomic mass is 10.1. The number of nitrogens with one attached hydrogen (secondary N) is 3. The van der Waals surface area contributed by atoms with Crippen LogP contribution < -0.4 is 24.7 Å². The fourth-order valence-corrected chi connectivity index (χ4v) is 3.73. The Morgan fingerprint density at radius 2 is 1.97 bits per heavy atom. The largest absolute Gasteiger partial charge is 0.495 e. The fourth-order valence-electron chi connectivity index (χ4n) is 2.95. The van der Waals surface area contributed by atoms with Gasteiger partial charge in [-0.2, -0.15) is 8.42 Å². The van der Waals surface area contributed by atoms with E-state index in [1.807, 2.05) is 30.7 Å². The van der Waals surface area contributed by atoms with E-state index < -0.39 is 16.3 Å². The predicted octanol–water partition coefficient (Wildman–Crippen LogP) is 2.08. The van der Waals surface area contributed by atoms with Crippen LogP contribution in [0.2, 0.25) is 0 Å². The van der Waals surface area contributed by atoms with Crippen molar-refractivity contribution in [1.82, 2.24) is 9.71 Å². The number of carbonyl (C=O) groups is 1. The molecule has 3 N–H and O–H groups in total. The third kappa shape index (κ3) is 5.32. The van der Waals surface area contributed by atoms with Crippen molar-refractivity contribution in [2.24, 2.45) is 5.92 Å². The highest BCUT2D eigenvalue weighted by Crippen LogP contribution is 2.30. The van der Waals surface area contributed by atoms with E-state index in [0.29, 0.717) is 5.75 Å². The van der Waals surface area contributed by atoms with E-state index in [0.717, 1.165) is 34.7 Å². The molecule has 0 unspecified atom stereocenters. The van der Waals surface area contributed by atoms with Gasteiger partial charge >= 0.3 is 16.3 Å². The van der Waals surface area contributed by atoms with Gasteiger partial charge in [0, 0.05) is 16.6 Å². The topological polar surface area (TPSA) is 110 Å². The van der Waals surface area contributed by atoms with E-state index in [1.54, 1.807) is 12.1 Å². The van der Waals surface area contributed by atoms with Crippen LogP contribution in [0.4, 0.5) is 10.5 Å². The zero-order valence-corrected chi connectivity index (χ0v) is 17.4. The molecule has 0 fully saturated rings. The van der Waals surface area contributed by atoms with Gasteiger partial charge in [0.15, 0.2) is 0 Å². The Hall–Kier alpha value is -2.94.